The van der Waals surface area contributed by atoms with Crippen LogP contribution >= 0.6 is 34.5 Å². The van der Waals surface area contributed by atoms with Crippen molar-refractivity contribution < 1.29 is 0 Å². The molecule has 20 heavy (non-hydrogen) atoms. The van der Waals surface area contributed by atoms with Crippen molar-refractivity contribution in [2.24, 2.45) is 0 Å². The number of hydrogen-bond donors (Lipinski definition) is 0. The fraction of sp³-hybridized carbons (Fsp3) is 0.267. The van der Waals surface area contributed by atoms with Crippen LogP contribution in [0.5, 0.6) is 0 Å². The fourth-order valence-corrected chi connectivity index (χ4v) is 3.38. The first kappa shape index (κ1) is 13.9. The lowest BCUT2D eigenvalue weighted by molar-refractivity contribution is 0.676. The summed E-state index contributed by atoms with van der Waals surface area (Å²) in [5, 5.41) is 5.04. The van der Waals surface area contributed by atoms with Crippen LogP contribution in [0.4, 0.5) is 0 Å². The molecule has 104 valence electrons. The van der Waals surface area contributed by atoms with Gasteiger partial charge in [-0.15, -0.1) is 11.6 Å². The molecule has 0 fully saturated rings. The van der Waals surface area contributed by atoms with E-state index in [0.29, 0.717) is 5.88 Å². The zero-order chi connectivity index (χ0) is 13.9. The Hall–Kier alpha value is -1.03. The Bertz CT molecular complexity index is 704. The van der Waals surface area contributed by atoms with E-state index < -0.39 is 0 Å². The van der Waals surface area contributed by atoms with E-state index >= 15 is 0 Å². The maximum Gasteiger partial charge on any atom is 0.111 e. The molecular formula is C15H14Cl2N2S. The summed E-state index contributed by atoms with van der Waals surface area (Å²) in [6.45, 7) is 0.903. The highest BCUT2D eigenvalue weighted by Gasteiger charge is 2.11. The number of alkyl halides is 1. The van der Waals surface area contributed by atoms with E-state index in [1.165, 1.54) is 5.56 Å². The van der Waals surface area contributed by atoms with Crippen LogP contribution < -0.4 is 0 Å². The Labute approximate surface area is 132 Å². The minimum Gasteiger partial charge on any atom is -0.328 e. The topological polar surface area (TPSA) is 17.8 Å². The standard InChI is InChI=1S/C15H14Cl2N2S/c16-6-3-15-18-13-2-1-12(17)9-14(13)19(15)7-4-11-5-8-20-10-11/h1-2,5,8-10H,3-4,6-7H2. The molecule has 0 unspecified atom stereocenters. The molecular weight excluding hydrogens is 311 g/mol. The second-order valence-corrected chi connectivity index (χ2v) is 6.23. The number of aryl methyl sites for hydroxylation is 3. The first-order valence-corrected chi connectivity index (χ1v) is 8.35. The van der Waals surface area contributed by atoms with Crippen molar-refractivity contribution in [2.75, 3.05) is 5.88 Å². The first-order chi connectivity index (χ1) is 9.78. The van der Waals surface area contributed by atoms with Crippen molar-refractivity contribution in [2.45, 2.75) is 19.4 Å². The number of rotatable bonds is 5. The normalized spacial score (nSPS) is 11.3. The molecule has 0 N–H and O–H groups in total. The molecule has 0 aliphatic rings. The van der Waals surface area contributed by atoms with Crippen LogP contribution in [-0.2, 0) is 19.4 Å². The number of aromatic nitrogens is 2. The summed E-state index contributed by atoms with van der Waals surface area (Å²) >= 11 is 13.7. The van der Waals surface area contributed by atoms with Crippen LogP contribution in [0.2, 0.25) is 5.02 Å². The van der Waals surface area contributed by atoms with Crippen LogP contribution in [0.25, 0.3) is 11.0 Å². The monoisotopic (exact) mass is 324 g/mol. The Morgan fingerprint density at radius 2 is 2.10 bits per heavy atom. The third-order valence-corrected chi connectivity index (χ3v) is 4.47. The van der Waals surface area contributed by atoms with E-state index in [1.807, 2.05) is 18.2 Å². The summed E-state index contributed by atoms with van der Waals surface area (Å²) in [5.74, 6) is 1.61. The molecule has 0 saturated heterocycles. The van der Waals surface area contributed by atoms with Gasteiger partial charge in [-0.1, -0.05) is 11.6 Å². The van der Waals surface area contributed by atoms with Crippen molar-refractivity contribution >= 4 is 45.6 Å². The molecule has 0 radical (unpaired) electrons. The van der Waals surface area contributed by atoms with Gasteiger partial charge in [0.05, 0.1) is 11.0 Å². The van der Waals surface area contributed by atoms with E-state index in [-0.39, 0.29) is 0 Å². The zero-order valence-corrected chi connectivity index (χ0v) is 13.2. The molecule has 0 saturated carbocycles. The lowest BCUT2D eigenvalue weighted by atomic mass is 10.2. The van der Waals surface area contributed by atoms with Crippen LogP contribution in [0.15, 0.2) is 35.0 Å². The summed E-state index contributed by atoms with van der Waals surface area (Å²) in [7, 11) is 0. The third kappa shape index (κ3) is 2.85. The number of halogens is 2. The second-order valence-electron chi connectivity index (χ2n) is 4.63. The lowest BCUT2D eigenvalue weighted by Gasteiger charge is -2.08. The number of benzene rings is 1. The predicted octanol–water partition coefficient (Wildman–Crippen LogP) is 4.78. The lowest BCUT2D eigenvalue weighted by Crippen LogP contribution is -2.06. The summed E-state index contributed by atoms with van der Waals surface area (Å²) in [5.41, 5.74) is 3.43. The van der Waals surface area contributed by atoms with Gasteiger partial charge in [0.15, 0.2) is 0 Å². The van der Waals surface area contributed by atoms with Gasteiger partial charge in [0, 0.05) is 23.9 Å². The van der Waals surface area contributed by atoms with E-state index in [0.717, 1.165) is 41.3 Å². The van der Waals surface area contributed by atoms with Gasteiger partial charge in [0.25, 0.3) is 0 Å². The molecule has 0 aliphatic heterocycles. The number of imidazole rings is 1. The van der Waals surface area contributed by atoms with E-state index in [4.69, 9.17) is 23.2 Å². The van der Waals surface area contributed by atoms with Crippen molar-refractivity contribution in [3.63, 3.8) is 0 Å². The van der Waals surface area contributed by atoms with Crippen LogP contribution in [0, 0.1) is 0 Å². The number of hydrogen-bond acceptors (Lipinski definition) is 2. The molecule has 0 amide bonds. The van der Waals surface area contributed by atoms with E-state index in [9.17, 15) is 0 Å². The number of thiophene rings is 1. The summed E-state index contributed by atoms with van der Waals surface area (Å²) in [4.78, 5) is 4.67. The predicted molar refractivity (Wildman–Crippen MR) is 87.2 cm³/mol. The van der Waals surface area contributed by atoms with Crippen molar-refractivity contribution in [1.29, 1.82) is 0 Å². The van der Waals surface area contributed by atoms with E-state index in [1.54, 1.807) is 11.3 Å². The maximum atomic E-state index is 6.11. The van der Waals surface area contributed by atoms with Crippen molar-refractivity contribution in [3.8, 4) is 0 Å². The van der Waals surface area contributed by atoms with Gasteiger partial charge in [-0.2, -0.15) is 11.3 Å². The average Bonchev–Trinajstić information content (AvgIpc) is 3.04. The number of nitrogens with zero attached hydrogens (tertiary/aromatic N) is 2. The quantitative estimate of drug-likeness (QED) is 0.618. The first-order valence-electron chi connectivity index (χ1n) is 6.49. The molecule has 2 aromatic heterocycles. The summed E-state index contributed by atoms with van der Waals surface area (Å²) in [6.07, 6.45) is 1.77. The highest BCUT2D eigenvalue weighted by Crippen LogP contribution is 2.22. The minimum atomic E-state index is 0.579. The van der Waals surface area contributed by atoms with Crippen LogP contribution in [0.1, 0.15) is 11.4 Å². The van der Waals surface area contributed by atoms with Gasteiger partial charge in [-0.25, -0.2) is 4.98 Å². The van der Waals surface area contributed by atoms with Crippen LogP contribution in [-0.4, -0.2) is 15.4 Å². The Balaban J connectivity index is 1.96. The summed E-state index contributed by atoms with van der Waals surface area (Å²) < 4.78 is 2.24. The molecule has 2 heterocycles. The van der Waals surface area contributed by atoms with Gasteiger partial charge in [0.1, 0.15) is 5.82 Å². The molecule has 0 spiro atoms. The Kier molecular flexibility index (Phi) is 4.29. The fourth-order valence-electron chi connectivity index (χ4n) is 2.35. The highest BCUT2D eigenvalue weighted by atomic mass is 35.5. The van der Waals surface area contributed by atoms with Crippen molar-refractivity contribution in [3.05, 3.63) is 51.4 Å². The number of fused-ring (bicyclic) bond motifs is 1. The Morgan fingerprint density at radius 1 is 1.20 bits per heavy atom. The average molecular weight is 325 g/mol. The van der Waals surface area contributed by atoms with Gasteiger partial charge in [-0.3, -0.25) is 0 Å². The highest BCUT2D eigenvalue weighted by molar-refractivity contribution is 7.07. The van der Waals surface area contributed by atoms with Crippen LogP contribution in [0.3, 0.4) is 0 Å². The molecule has 3 aromatic rings. The SMILES string of the molecule is ClCCc1nc2ccc(Cl)cc2n1CCc1ccsc1. The van der Waals surface area contributed by atoms with E-state index in [2.05, 4.69) is 26.4 Å². The molecule has 3 rings (SSSR count). The zero-order valence-electron chi connectivity index (χ0n) is 10.9. The molecule has 2 nitrogen and oxygen atoms in total. The smallest absolute Gasteiger partial charge is 0.111 e. The molecule has 0 aliphatic carbocycles. The molecule has 0 bridgehead atoms. The van der Waals surface area contributed by atoms with Gasteiger partial charge in [0.2, 0.25) is 0 Å². The van der Waals surface area contributed by atoms with Gasteiger partial charge in [-0.05, 0) is 47.0 Å². The Morgan fingerprint density at radius 3 is 2.85 bits per heavy atom. The largest absolute Gasteiger partial charge is 0.328 e. The van der Waals surface area contributed by atoms with Crippen molar-refractivity contribution in [1.82, 2.24) is 9.55 Å². The third-order valence-electron chi connectivity index (χ3n) is 3.31. The molecule has 0 atom stereocenters. The molecule has 1 aromatic carbocycles. The minimum absolute atomic E-state index is 0.579. The maximum absolute atomic E-state index is 6.11. The second kappa shape index (κ2) is 6.17. The summed E-state index contributed by atoms with van der Waals surface area (Å²) in [6, 6.07) is 7.99. The van der Waals surface area contributed by atoms with Gasteiger partial charge < -0.3 is 4.57 Å². The van der Waals surface area contributed by atoms with Gasteiger partial charge >= 0.3 is 0 Å². The molecule has 5 heteroatoms.